The highest BCUT2D eigenvalue weighted by atomic mass is 79.9. The van der Waals surface area contributed by atoms with Crippen LogP contribution in [-0.4, -0.2) is 22.9 Å². The van der Waals surface area contributed by atoms with Crippen LogP contribution in [0.25, 0.3) is 0 Å². The standard InChI is InChI=1S/C14H24BrN3/c1-10-14(15)13(18(3)17-10)9-12(16-2)11-7-5-4-6-8-11/h11-12,16H,4-9H2,1-3H3. The summed E-state index contributed by atoms with van der Waals surface area (Å²) in [5, 5.41) is 8.01. The van der Waals surface area contributed by atoms with Crippen LogP contribution in [0.3, 0.4) is 0 Å². The molecule has 1 N–H and O–H groups in total. The highest BCUT2D eigenvalue weighted by Crippen LogP contribution is 2.29. The maximum atomic E-state index is 4.49. The van der Waals surface area contributed by atoms with Crippen molar-refractivity contribution in [2.45, 2.75) is 51.5 Å². The molecule has 0 aliphatic heterocycles. The molecular formula is C14H24BrN3. The summed E-state index contributed by atoms with van der Waals surface area (Å²) in [6.45, 7) is 2.06. The SMILES string of the molecule is CNC(Cc1c(Br)c(C)nn1C)C1CCCCC1. The third-order valence-corrected chi connectivity index (χ3v) is 5.30. The molecule has 1 aromatic rings. The van der Waals surface area contributed by atoms with Crippen molar-refractivity contribution in [2.75, 3.05) is 7.05 Å². The maximum Gasteiger partial charge on any atom is 0.0738 e. The molecule has 0 aromatic carbocycles. The van der Waals surface area contributed by atoms with Gasteiger partial charge in [0.1, 0.15) is 0 Å². The van der Waals surface area contributed by atoms with E-state index >= 15 is 0 Å². The Morgan fingerprint density at radius 3 is 2.56 bits per heavy atom. The second-order valence-corrected chi connectivity index (χ2v) is 6.26. The molecule has 0 bridgehead atoms. The normalized spacial score (nSPS) is 19.1. The monoisotopic (exact) mass is 313 g/mol. The Bertz CT molecular complexity index is 394. The minimum Gasteiger partial charge on any atom is -0.316 e. The van der Waals surface area contributed by atoms with Crippen molar-refractivity contribution >= 4 is 15.9 Å². The molecule has 0 spiro atoms. The number of halogens is 1. The van der Waals surface area contributed by atoms with Gasteiger partial charge in [0.25, 0.3) is 0 Å². The van der Waals surface area contributed by atoms with Crippen LogP contribution in [0.4, 0.5) is 0 Å². The van der Waals surface area contributed by atoms with Gasteiger partial charge < -0.3 is 5.32 Å². The van der Waals surface area contributed by atoms with Gasteiger partial charge >= 0.3 is 0 Å². The van der Waals surface area contributed by atoms with Gasteiger partial charge in [-0.15, -0.1) is 0 Å². The van der Waals surface area contributed by atoms with Gasteiger partial charge in [0.2, 0.25) is 0 Å². The second-order valence-electron chi connectivity index (χ2n) is 5.47. The highest BCUT2D eigenvalue weighted by Gasteiger charge is 2.24. The van der Waals surface area contributed by atoms with Crippen molar-refractivity contribution in [3.05, 3.63) is 15.9 Å². The summed E-state index contributed by atoms with van der Waals surface area (Å²) in [5.74, 6) is 0.825. The number of aromatic nitrogens is 2. The fourth-order valence-electron chi connectivity index (χ4n) is 3.15. The Kier molecular flexibility index (Phi) is 4.84. The minimum absolute atomic E-state index is 0.580. The molecule has 1 fully saturated rings. The van der Waals surface area contributed by atoms with E-state index in [0.29, 0.717) is 6.04 Å². The molecule has 0 radical (unpaired) electrons. The topological polar surface area (TPSA) is 29.9 Å². The molecule has 1 aromatic heterocycles. The summed E-state index contributed by atoms with van der Waals surface area (Å²) in [4.78, 5) is 0. The molecule has 1 aliphatic carbocycles. The Morgan fingerprint density at radius 2 is 2.06 bits per heavy atom. The van der Waals surface area contributed by atoms with Crippen LogP contribution in [0.15, 0.2) is 4.47 Å². The zero-order chi connectivity index (χ0) is 13.1. The number of rotatable bonds is 4. The third-order valence-electron chi connectivity index (χ3n) is 4.26. The first-order valence-electron chi connectivity index (χ1n) is 6.98. The lowest BCUT2D eigenvalue weighted by Crippen LogP contribution is -2.37. The van der Waals surface area contributed by atoms with Gasteiger partial charge in [-0.1, -0.05) is 19.3 Å². The molecular weight excluding hydrogens is 290 g/mol. The number of nitrogens with one attached hydrogen (secondary N) is 1. The van der Waals surface area contributed by atoms with Crippen LogP contribution in [0, 0.1) is 12.8 Å². The molecule has 2 rings (SSSR count). The van der Waals surface area contributed by atoms with E-state index in [4.69, 9.17) is 0 Å². The second kappa shape index (κ2) is 6.20. The van der Waals surface area contributed by atoms with Gasteiger partial charge in [0.05, 0.1) is 15.9 Å². The first-order chi connectivity index (χ1) is 8.63. The van der Waals surface area contributed by atoms with Gasteiger partial charge in [-0.25, -0.2) is 0 Å². The minimum atomic E-state index is 0.580. The van der Waals surface area contributed by atoms with E-state index in [-0.39, 0.29) is 0 Å². The van der Waals surface area contributed by atoms with Crippen molar-refractivity contribution in [1.82, 2.24) is 15.1 Å². The smallest absolute Gasteiger partial charge is 0.0738 e. The zero-order valence-electron chi connectivity index (χ0n) is 11.7. The third kappa shape index (κ3) is 2.97. The Hall–Kier alpha value is -0.350. The average Bonchev–Trinajstić information content (AvgIpc) is 2.62. The van der Waals surface area contributed by atoms with E-state index in [9.17, 15) is 0 Å². The largest absolute Gasteiger partial charge is 0.316 e. The first-order valence-corrected chi connectivity index (χ1v) is 7.78. The van der Waals surface area contributed by atoms with E-state index in [1.165, 1.54) is 42.3 Å². The lowest BCUT2D eigenvalue weighted by atomic mass is 9.82. The van der Waals surface area contributed by atoms with Crippen LogP contribution in [0.5, 0.6) is 0 Å². The predicted octanol–water partition coefficient (Wildman–Crippen LogP) is 3.20. The summed E-state index contributed by atoms with van der Waals surface area (Å²) < 4.78 is 3.20. The highest BCUT2D eigenvalue weighted by molar-refractivity contribution is 9.10. The van der Waals surface area contributed by atoms with Crippen LogP contribution in [0.1, 0.15) is 43.5 Å². The lowest BCUT2D eigenvalue weighted by molar-refractivity contribution is 0.274. The number of hydrogen-bond acceptors (Lipinski definition) is 2. The number of nitrogens with zero attached hydrogens (tertiary/aromatic N) is 2. The molecule has 18 heavy (non-hydrogen) atoms. The van der Waals surface area contributed by atoms with Gasteiger partial charge in [-0.3, -0.25) is 4.68 Å². The molecule has 0 saturated heterocycles. The molecule has 1 saturated carbocycles. The fourth-order valence-corrected chi connectivity index (χ4v) is 3.65. The molecule has 1 unspecified atom stereocenters. The average molecular weight is 314 g/mol. The van der Waals surface area contributed by atoms with Crippen molar-refractivity contribution in [2.24, 2.45) is 13.0 Å². The van der Waals surface area contributed by atoms with Crippen LogP contribution in [0.2, 0.25) is 0 Å². The van der Waals surface area contributed by atoms with Crippen molar-refractivity contribution in [3.63, 3.8) is 0 Å². The van der Waals surface area contributed by atoms with Crippen LogP contribution < -0.4 is 5.32 Å². The van der Waals surface area contributed by atoms with E-state index in [1.807, 2.05) is 11.7 Å². The summed E-state index contributed by atoms with van der Waals surface area (Å²) in [5.41, 5.74) is 2.41. The summed E-state index contributed by atoms with van der Waals surface area (Å²) in [6.07, 6.45) is 8.03. The Morgan fingerprint density at radius 1 is 1.39 bits per heavy atom. The molecule has 4 heteroatoms. The predicted molar refractivity (Wildman–Crippen MR) is 78.8 cm³/mol. The summed E-state index contributed by atoms with van der Waals surface area (Å²) in [6, 6.07) is 0.580. The maximum absolute atomic E-state index is 4.49. The van der Waals surface area contributed by atoms with Crippen molar-refractivity contribution in [1.29, 1.82) is 0 Å². The van der Waals surface area contributed by atoms with Gasteiger partial charge in [0, 0.05) is 19.5 Å². The van der Waals surface area contributed by atoms with E-state index < -0.39 is 0 Å². The zero-order valence-corrected chi connectivity index (χ0v) is 13.3. The molecule has 1 heterocycles. The van der Waals surface area contributed by atoms with Crippen LogP contribution in [-0.2, 0) is 13.5 Å². The van der Waals surface area contributed by atoms with Crippen molar-refractivity contribution < 1.29 is 0 Å². The van der Waals surface area contributed by atoms with Gasteiger partial charge in [-0.05, 0) is 48.7 Å². The Balaban J connectivity index is 2.09. The fraction of sp³-hybridized carbons (Fsp3) is 0.786. The molecule has 1 atom stereocenters. The number of aryl methyl sites for hydroxylation is 2. The number of likely N-dealkylation sites (N-methyl/N-ethyl adjacent to an activating group) is 1. The Labute approximate surface area is 118 Å². The summed E-state index contributed by atoms with van der Waals surface area (Å²) in [7, 11) is 4.14. The van der Waals surface area contributed by atoms with Gasteiger partial charge in [-0.2, -0.15) is 5.10 Å². The molecule has 0 amide bonds. The van der Waals surface area contributed by atoms with E-state index in [2.05, 4.69) is 40.3 Å². The van der Waals surface area contributed by atoms with E-state index in [1.54, 1.807) is 0 Å². The van der Waals surface area contributed by atoms with E-state index in [0.717, 1.165) is 18.0 Å². The number of hydrogen-bond donors (Lipinski definition) is 1. The summed E-state index contributed by atoms with van der Waals surface area (Å²) >= 11 is 3.67. The van der Waals surface area contributed by atoms with Crippen LogP contribution >= 0.6 is 15.9 Å². The van der Waals surface area contributed by atoms with Crippen molar-refractivity contribution in [3.8, 4) is 0 Å². The molecule has 102 valence electrons. The molecule has 3 nitrogen and oxygen atoms in total. The molecule has 1 aliphatic rings. The quantitative estimate of drug-likeness (QED) is 0.925. The lowest BCUT2D eigenvalue weighted by Gasteiger charge is -2.30. The van der Waals surface area contributed by atoms with Gasteiger partial charge in [0.15, 0.2) is 0 Å². The first kappa shape index (κ1) is 14.1.